The number of rotatable bonds is 3. The van der Waals surface area contributed by atoms with E-state index in [1.807, 2.05) is 0 Å². The number of halogens is 2. The maximum Gasteiger partial charge on any atom is 0.183 e. The summed E-state index contributed by atoms with van der Waals surface area (Å²) in [6, 6.07) is 9.92. The van der Waals surface area contributed by atoms with Crippen molar-refractivity contribution in [3.63, 3.8) is 0 Å². The lowest BCUT2D eigenvalue weighted by molar-refractivity contribution is 0.594. The van der Waals surface area contributed by atoms with E-state index < -0.39 is 15.7 Å². The molecule has 19 heavy (non-hydrogen) atoms. The molecule has 0 unspecified atom stereocenters. The molecule has 0 amide bonds. The van der Waals surface area contributed by atoms with Gasteiger partial charge in [-0.3, -0.25) is 0 Å². The molecule has 0 aliphatic heterocycles. The molecule has 0 fully saturated rings. The van der Waals surface area contributed by atoms with E-state index in [0.29, 0.717) is 15.7 Å². The maximum absolute atomic E-state index is 12.8. The monoisotopic (exact) mass is 343 g/mol. The van der Waals surface area contributed by atoms with Crippen molar-refractivity contribution >= 4 is 31.5 Å². The van der Waals surface area contributed by atoms with Crippen molar-refractivity contribution in [3.05, 3.63) is 58.3 Å². The first-order valence-electron chi connectivity index (χ1n) is 5.41. The fourth-order valence-corrected chi connectivity index (χ4v) is 4.20. The van der Waals surface area contributed by atoms with Crippen molar-refractivity contribution in [1.29, 1.82) is 0 Å². The molecule has 0 atom stereocenters. The molecule has 0 aromatic heterocycles. The maximum atomic E-state index is 12.8. The van der Waals surface area contributed by atoms with Crippen molar-refractivity contribution in [2.45, 2.75) is 10.6 Å². The summed E-state index contributed by atoms with van der Waals surface area (Å²) in [5.74, 6) is -0.578. The number of sulfone groups is 1. The van der Waals surface area contributed by atoms with E-state index in [1.165, 1.54) is 42.5 Å². The summed E-state index contributed by atoms with van der Waals surface area (Å²) in [6.07, 6.45) is 0. The van der Waals surface area contributed by atoms with Gasteiger partial charge in [-0.15, -0.1) is 0 Å². The first kappa shape index (κ1) is 14.0. The lowest BCUT2D eigenvalue weighted by Gasteiger charge is -2.07. The van der Waals surface area contributed by atoms with Crippen LogP contribution in [0.15, 0.2) is 51.8 Å². The number of anilines is 1. The minimum Gasteiger partial charge on any atom is -0.399 e. The highest BCUT2D eigenvalue weighted by Crippen LogP contribution is 2.27. The average molecular weight is 344 g/mol. The molecule has 0 saturated carbocycles. The highest BCUT2D eigenvalue weighted by Gasteiger charge is 2.18. The van der Waals surface area contributed by atoms with Crippen LogP contribution in [0.25, 0.3) is 0 Å². The summed E-state index contributed by atoms with van der Waals surface area (Å²) >= 11 is 3.19. The normalized spacial score (nSPS) is 11.5. The van der Waals surface area contributed by atoms with Crippen molar-refractivity contribution < 1.29 is 12.8 Å². The second kappa shape index (κ2) is 5.30. The van der Waals surface area contributed by atoms with E-state index in [2.05, 4.69) is 15.9 Å². The highest BCUT2D eigenvalue weighted by molar-refractivity contribution is 9.10. The molecular weight excluding hydrogens is 333 g/mol. The molecule has 0 bridgehead atoms. The van der Waals surface area contributed by atoms with Gasteiger partial charge < -0.3 is 5.73 Å². The summed E-state index contributed by atoms with van der Waals surface area (Å²) in [6.45, 7) is 0. The number of hydrogen-bond acceptors (Lipinski definition) is 3. The third kappa shape index (κ3) is 3.33. The number of hydrogen-bond donors (Lipinski definition) is 1. The van der Waals surface area contributed by atoms with Crippen molar-refractivity contribution in [2.75, 3.05) is 5.73 Å². The Bertz CT molecular complexity index is 699. The largest absolute Gasteiger partial charge is 0.399 e. The first-order chi connectivity index (χ1) is 8.88. The smallest absolute Gasteiger partial charge is 0.183 e. The van der Waals surface area contributed by atoms with Gasteiger partial charge in [0.25, 0.3) is 0 Å². The lowest BCUT2D eigenvalue weighted by atomic mass is 10.2. The first-order valence-corrected chi connectivity index (χ1v) is 7.85. The standard InChI is InChI=1S/C13H11BrFNO2S/c14-12-7-11(16)5-6-13(12)19(17,18)8-9-1-3-10(15)4-2-9/h1-7H,8,16H2. The summed E-state index contributed by atoms with van der Waals surface area (Å²) in [4.78, 5) is 0.172. The molecule has 0 radical (unpaired) electrons. The van der Waals surface area contributed by atoms with Crippen LogP contribution in [-0.2, 0) is 15.6 Å². The van der Waals surface area contributed by atoms with Gasteiger partial charge in [-0.05, 0) is 51.8 Å². The lowest BCUT2D eigenvalue weighted by Crippen LogP contribution is -2.06. The van der Waals surface area contributed by atoms with Crippen LogP contribution in [0.4, 0.5) is 10.1 Å². The molecule has 2 aromatic carbocycles. The van der Waals surface area contributed by atoms with Gasteiger partial charge in [0.15, 0.2) is 9.84 Å². The van der Waals surface area contributed by atoms with Gasteiger partial charge in [-0.2, -0.15) is 0 Å². The molecule has 3 nitrogen and oxygen atoms in total. The van der Waals surface area contributed by atoms with Gasteiger partial charge in [0, 0.05) is 10.2 Å². The molecule has 0 spiro atoms. The topological polar surface area (TPSA) is 60.2 Å². The van der Waals surface area contributed by atoms with Crippen LogP contribution in [0.2, 0.25) is 0 Å². The SMILES string of the molecule is Nc1ccc(S(=O)(=O)Cc2ccc(F)cc2)c(Br)c1. The second-order valence-corrected chi connectivity index (χ2v) is 6.89. The van der Waals surface area contributed by atoms with Crippen LogP contribution in [0, 0.1) is 5.82 Å². The molecule has 0 aliphatic carbocycles. The fourth-order valence-electron chi connectivity index (χ4n) is 1.65. The molecule has 2 aromatic rings. The van der Waals surface area contributed by atoms with Gasteiger partial charge >= 0.3 is 0 Å². The molecule has 2 N–H and O–H groups in total. The Hall–Kier alpha value is -1.40. The van der Waals surface area contributed by atoms with Crippen LogP contribution in [0.5, 0.6) is 0 Å². The Morgan fingerprint density at radius 3 is 2.32 bits per heavy atom. The minimum atomic E-state index is -3.50. The van der Waals surface area contributed by atoms with E-state index in [0.717, 1.165) is 0 Å². The van der Waals surface area contributed by atoms with Crippen molar-refractivity contribution in [1.82, 2.24) is 0 Å². The van der Waals surface area contributed by atoms with Crippen molar-refractivity contribution in [2.24, 2.45) is 0 Å². The van der Waals surface area contributed by atoms with E-state index in [9.17, 15) is 12.8 Å². The van der Waals surface area contributed by atoms with E-state index >= 15 is 0 Å². The van der Waals surface area contributed by atoms with E-state index in [4.69, 9.17) is 5.73 Å². The second-order valence-electron chi connectivity index (χ2n) is 4.08. The molecule has 100 valence electrons. The summed E-state index contributed by atoms with van der Waals surface area (Å²) in [5.41, 5.74) is 6.59. The average Bonchev–Trinajstić information content (AvgIpc) is 2.31. The zero-order valence-electron chi connectivity index (χ0n) is 9.81. The highest BCUT2D eigenvalue weighted by atomic mass is 79.9. The zero-order chi connectivity index (χ0) is 14.0. The van der Waals surface area contributed by atoms with Gasteiger partial charge in [0.05, 0.1) is 10.6 Å². The molecule has 0 heterocycles. The summed E-state index contributed by atoms with van der Waals surface area (Å²) < 4.78 is 37.7. The minimum absolute atomic E-state index is 0.172. The third-order valence-electron chi connectivity index (χ3n) is 2.56. The fraction of sp³-hybridized carbons (Fsp3) is 0.0769. The predicted octanol–water partition coefficient (Wildman–Crippen LogP) is 3.14. The zero-order valence-corrected chi connectivity index (χ0v) is 12.2. The molecule has 0 aliphatic rings. The number of benzene rings is 2. The summed E-state index contributed by atoms with van der Waals surface area (Å²) in [7, 11) is -3.50. The van der Waals surface area contributed by atoms with Gasteiger partial charge in [0.2, 0.25) is 0 Å². The quantitative estimate of drug-likeness (QED) is 0.871. The number of nitrogens with two attached hydrogens (primary N) is 1. The Morgan fingerprint density at radius 1 is 1.11 bits per heavy atom. The van der Waals surface area contributed by atoms with Crippen LogP contribution >= 0.6 is 15.9 Å². The van der Waals surface area contributed by atoms with Crippen LogP contribution < -0.4 is 5.73 Å². The Balaban J connectivity index is 2.35. The van der Waals surface area contributed by atoms with Crippen LogP contribution in [-0.4, -0.2) is 8.42 Å². The molecular formula is C13H11BrFNO2S. The van der Waals surface area contributed by atoms with Gasteiger partial charge in [-0.1, -0.05) is 12.1 Å². The molecule has 0 saturated heterocycles. The van der Waals surface area contributed by atoms with Crippen molar-refractivity contribution in [3.8, 4) is 0 Å². The summed E-state index contributed by atoms with van der Waals surface area (Å²) in [5, 5.41) is 0. The third-order valence-corrected chi connectivity index (χ3v) is 5.22. The van der Waals surface area contributed by atoms with Crippen LogP contribution in [0.1, 0.15) is 5.56 Å². The van der Waals surface area contributed by atoms with Gasteiger partial charge in [-0.25, -0.2) is 12.8 Å². The molecule has 2 rings (SSSR count). The molecule has 6 heteroatoms. The Morgan fingerprint density at radius 2 is 1.74 bits per heavy atom. The van der Waals surface area contributed by atoms with E-state index in [1.54, 1.807) is 0 Å². The predicted molar refractivity (Wildman–Crippen MR) is 75.8 cm³/mol. The van der Waals surface area contributed by atoms with Crippen LogP contribution in [0.3, 0.4) is 0 Å². The number of nitrogen functional groups attached to an aromatic ring is 1. The van der Waals surface area contributed by atoms with E-state index in [-0.39, 0.29) is 10.6 Å². The van der Waals surface area contributed by atoms with Gasteiger partial charge in [0.1, 0.15) is 5.82 Å². The Kier molecular flexibility index (Phi) is 3.91. The Labute approximate surface area is 119 Å².